The van der Waals surface area contributed by atoms with Crippen molar-refractivity contribution in [3.63, 3.8) is 0 Å². The third-order valence-electron chi connectivity index (χ3n) is 6.21. The van der Waals surface area contributed by atoms with Crippen LogP contribution in [0.3, 0.4) is 0 Å². The third-order valence-corrected chi connectivity index (χ3v) is 6.21. The molecule has 3 heterocycles. The van der Waals surface area contributed by atoms with Crippen molar-refractivity contribution in [3.05, 3.63) is 71.2 Å². The molecule has 140 valence electrons. The Morgan fingerprint density at radius 3 is 2.74 bits per heavy atom. The summed E-state index contributed by atoms with van der Waals surface area (Å²) in [7, 11) is 0. The summed E-state index contributed by atoms with van der Waals surface area (Å²) in [5, 5.41) is 1.34. The first-order valence-corrected chi connectivity index (χ1v) is 10.1. The summed E-state index contributed by atoms with van der Waals surface area (Å²) in [5.41, 5.74) is 5.11. The molecule has 0 bridgehead atoms. The van der Waals surface area contributed by atoms with E-state index in [0.29, 0.717) is 6.04 Å². The second kappa shape index (κ2) is 6.77. The zero-order valence-electron chi connectivity index (χ0n) is 15.8. The Kier molecular flexibility index (Phi) is 4.25. The van der Waals surface area contributed by atoms with Crippen molar-refractivity contribution in [3.8, 4) is 0 Å². The lowest BCUT2D eigenvalue weighted by Crippen LogP contribution is -2.41. The van der Waals surface area contributed by atoms with Gasteiger partial charge >= 0.3 is 0 Å². The van der Waals surface area contributed by atoms with Crippen LogP contribution in [0, 0.1) is 5.82 Å². The summed E-state index contributed by atoms with van der Waals surface area (Å²) in [6, 6.07) is 16.4. The van der Waals surface area contributed by atoms with Crippen LogP contribution in [0.5, 0.6) is 0 Å². The minimum atomic E-state index is -0.172. The minimum absolute atomic E-state index is 0.165. The fourth-order valence-electron chi connectivity index (χ4n) is 4.90. The molecule has 0 unspecified atom stereocenters. The highest BCUT2D eigenvalue weighted by Crippen LogP contribution is 2.42. The lowest BCUT2D eigenvalue weighted by atomic mass is 9.89. The van der Waals surface area contributed by atoms with Crippen molar-refractivity contribution < 1.29 is 4.39 Å². The highest BCUT2D eigenvalue weighted by Gasteiger charge is 2.42. The fraction of sp³-hybridized carbons (Fsp3) is 0.391. The minimum Gasteiger partial charge on any atom is -0.357 e. The first-order valence-electron chi connectivity index (χ1n) is 10.1. The number of nitrogens with zero attached hydrogens (tertiary/aromatic N) is 2. The summed E-state index contributed by atoms with van der Waals surface area (Å²) in [6.45, 7) is 5.52. The molecule has 2 aliphatic heterocycles. The van der Waals surface area contributed by atoms with Gasteiger partial charge in [0, 0.05) is 29.2 Å². The van der Waals surface area contributed by atoms with Crippen LogP contribution in [0.2, 0.25) is 0 Å². The van der Waals surface area contributed by atoms with Crippen LogP contribution in [0.15, 0.2) is 48.5 Å². The van der Waals surface area contributed by atoms with E-state index in [-0.39, 0.29) is 11.9 Å². The van der Waals surface area contributed by atoms with Crippen molar-refractivity contribution in [2.75, 3.05) is 19.8 Å². The number of unbranched alkanes of at least 4 members (excludes halogenated alkanes) is 1. The first-order chi connectivity index (χ1) is 13.2. The van der Waals surface area contributed by atoms with Gasteiger partial charge in [-0.3, -0.25) is 9.80 Å². The quantitative estimate of drug-likeness (QED) is 0.726. The molecule has 0 saturated carbocycles. The molecular weight excluding hydrogens is 337 g/mol. The Labute approximate surface area is 159 Å². The number of hydrogen-bond acceptors (Lipinski definition) is 2. The zero-order chi connectivity index (χ0) is 18.4. The second-order valence-corrected chi connectivity index (χ2v) is 7.96. The van der Waals surface area contributed by atoms with Gasteiger partial charge in [-0.05, 0) is 48.7 Å². The van der Waals surface area contributed by atoms with Gasteiger partial charge in [0.05, 0.1) is 12.7 Å². The van der Waals surface area contributed by atoms with Crippen molar-refractivity contribution in [1.82, 2.24) is 14.8 Å². The number of nitrogens with one attached hydrogen (secondary N) is 1. The average Bonchev–Trinajstić information content (AvgIpc) is 3.26. The summed E-state index contributed by atoms with van der Waals surface area (Å²) in [5.74, 6) is -0.172. The molecule has 0 radical (unpaired) electrons. The average molecular weight is 363 g/mol. The van der Waals surface area contributed by atoms with Crippen LogP contribution < -0.4 is 0 Å². The SMILES string of the molecule is CCCCN1C[C@@H]2Cc3c([nH]c4ccccc34)[C@H](c3ccc(F)cc3)N2C1. The highest BCUT2D eigenvalue weighted by atomic mass is 19.1. The number of aromatic nitrogens is 1. The first kappa shape index (κ1) is 17.0. The summed E-state index contributed by atoms with van der Waals surface area (Å²) in [6.07, 6.45) is 3.56. The van der Waals surface area contributed by atoms with Gasteiger partial charge in [-0.1, -0.05) is 43.7 Å². The van der Waals surface area contributed by atoms with Crippen LogP contribution in [0.1, 0.15) is 42.6 Å². The van der Waals surface area contributed by atoms with Gasteiger partial charge in [0.25, 0.3) is 0 Å². The lowest BCUT2D eigenvalue weighted by molar-refractivity contribution is 0.167. The number of benzene rings is 2. The van der Waals surface area contributed by atoms with Crippen molar-refractivity contribution >= 4 is 10.9 Å². The molecule has 5 rings (SSSR count). The van der Waals surface area contributed by atoms with Crippen molar-refractivity contribution in [1.29, 1.82) is 0 Å². The predicted molar refractivity (Wildman–Crippen MR) is 107 cm³/mol. The molecule has 4 heteroatoms. The number of fused-ring (bicyclic) bond motifs is 4. The molecule has 1 N–H and O–H groups in total. The Morgan fingerprint density at radius 2 is 1.93 bits per heavy atom. The number of para-hydroxylation sites is 1. The summed E-state index contributed by atoms with van der Waals surface area (Å²) in [4.78, 5) is 8.89. The van der Waals surface area contributed by atoms with Gasteiger partial charge in [0.1, 0.15) is 5.82 Å². The zero-order valence-corrected chi connectivity index (χ0v) is 15.8. The smallest absolute Gasteiger partial charge is 0.123 e. The molecule has 0 aliphatic carbocycles. The topological polar surface area (TPSA) is 22.3 Å². The van der Waals surface area contributed by atoms with Gasteiger partial charge in [-0.15, -0.1) is 0 Å². The Balaban J connectivity index is 1.59. The van der Waals surface area contributed by atoms with Crippen LogP contribution in [0.25, 0.3) is 10.9 Å². The van der Waals surface area contributed by atoms with E-state index >= 15 is 0 Å². The molecule has 2 atom stereocenters. The molecule has 27 heavy (non-hydrogen) atoms. The fourth-order valence-corrected chi connectivity index (χ4v) is 4.90. The molecule has 0 spiro atoms. The highest BCUT2D eigenvalue weighted by molar-refractivity contribution is 5.85. The van der Waals surface area contributed by atoms with E-state index in [4.69, 9.17) is 0 Å². The van der Waals surface area contributed by atoms with Crippen molar-refractivity contribution in [2.24, 2.45) is 0 Å². The van der Waals surface area contributed by atoms with E-state index in [2.05, 4.69) is 46.0 Å². The maximum Gasteiger partial charge on any atom is 0.123 e. The van der Waals surface area contributed by atoms with E-state index in [0.717, 1.165) is 26.2 Å². The molecule has 3 aromatic rings. The van der Waals surface area contributed by atoms with E-state index in [1.54, 1.807) is 12.1 Å². The van der Waals surface area contributed by atoms with Crippen molar-refractivity contribution in [2.45, 2.75) is 38.3 Å². The van der Waals surface area contributed by atoms with Gasteiger partial charge in [0.2, 0.25) is 0 Å². The molecule has 2 aromatic carbocycles. The van der Waals surface area contributed by atoms with Gasteiger partial charge < -0.3 is 4.98 Å². The van der Waals surface area contributed by atoms with Crippen LogP contribution in [0.4, 0.5) is 4.39 Å². The molecule has 0 amide bonds. The van der Waals surface area contributed by atoms with E-state index in [1.165, 1.54) is 40.6 Å². The summed E-state index contributed by atoms with van der Waals surface area (Å²) < 4.78 is 13.6. The Bertz CT molecular complexity index is 946. The molecular formula is C23H26FN3. The van der Waals surface area contributed by atoms with E-state index < -0.39 is 0 Å². The molecule has 1 saturated heterocycles. The molecule has 3 nitrogen and oxygen atoms in total. The monoisotopic (exact) mass is 363 g/mol. The molecule has 1 fully saturated rings. The standard InChI is InChI=1S/C23H26FN3/c1-2-3-12-26-14-18-13-20-19-6-4-5-7-21(19)25-22(20)23(27(18)15-26)16-8-10-17(24)11-9-16/h4-11,18,23,25H,2-3,12-15H2,1H3/t18-,23-/m0/s1. The Morgan fingerprint density at radius 1 is 1.11 bits per heavy atom. The van der Waals surface area contributed by atoms with E-state index in [9.17, 15) is 4.39 Å². The second-order valence-electron chi connectivity index (χ2n) is 7.96. The van der Waals surface area contributed by atoms with Crippen LogP contribution in [-0.4, -0.2) is 40.6 Å². The van der Waals surface area contributed by atoms with E-state index in [1.807, 2.05) is 12.1 Å². The van der Waals surface area contributed by atoms with Gasteiger partial charge in [-0.25, -0.2) is 4.39 Å². The predicted octanol–water partition coefficient (Wildman–Crippen LogP) is 4.70. The maximum absolute atomic E-state index is 13.6. The normalized spacial score (nSPS) is 22.9. The molecule has 1 aromatic heterocycles. The summed E-state index contributed by atoms with van der Waals surface area (Å²) >= 11 is 0. The number of H-pyrrole nitrogens is 1. The number of aromatic amines is 1. The lowest BCUT2D eigenvalue weighted by Gasteiger charge is -2.37. The van der Waals surface area contributed by atoms with Gasteiger partial charge in [0.15, 0.2) is 0 Å². The largest absolute Gasteiger partial charge is 0.357 e. The van der Waals surface area contributed by atoms with Crippen LogP contribution >= 0.6 is 0 Å². The number of halogens is 1. The number of rotatable bonds is 4. The number of hydrogen-bond donors (Lipinski definition) is 1. The van der Waals surface area contributed by atoms with Gasteiger partial charge in [-0.2, -0.15) is 0 Å². The van der Waals surface area contributed by atoms with Crippen LogP contribution in [-0.2, 0) is 6.42 Å². The third kappa shape index (κ3) is 2.88. The molecule has 2 aliphatic rings. The maximum atomic E-state index is 13.6. The Hall–Kier alpha value is -2.17.